The molecule has 172 valence electrons. The second-order valence-electron chi connectivity index (χ2n) is 8.40. The minimum Gasteiger partial charge on any atom is -0.493 e. The van der Waals surface area contributed by atoms with Crippen molar-refractivity contribution in [3.8, 4) is 5.75 Å². The fraction of sp³-hybridized carbons (Fsp3) is 0.500. The van der Waals surface area contributed by atoms with Crippen molar-refractivity contribution in [3.63, 3.8) is 0 Å². The smallest absolute Gasteiger partial charge is 0.227 e. The molecule has 6 nitrogen and oxygen atoms in total. The average Bonchev–Trinajstić information content (AvgIpc) is 3.24. The average molecular weight is 476 g/mol. The van der Waals surface area contributed by atoms with Gasteiger partial charge >= 0.3 is 0 Å². The Hall–Kier alpha value is -2.09. The molecule has 1 aromatic heterocycles. The summed E-state index contributed by atoms with van der Waals surface area (Å²) >= 11 is 7.65. The van der Waals surface area contributed by atoms with Gasteiger partial charge in [-0.2, -0.15) is 0 Å². The van der Waals surface area contributed by atoms with Crippen molar-refractivity contribution < 1.29 is 14.3 Å². The van der Waals surface area contributed by atoms with Gasteiger partial charge in [0.05, 0.1) is 23.3 Å². The van der Waals surface area contributed by atoms with E-state index in [1.165, 1.54) is 4.88 Å². The van der Waals surface area contributed by atoms with Crippen LogP contribution in [-0.4, -0.2) is 72.4 Å². The van der Waals surface area contributed by atoms with E-state index in [9.17, 15) is 9.59 Å². The van der Waals surface area contributed by atoms with Gasteiger partial charge in [0.1, 0.15) is 5.75 Å². The standard InChI is InChI=1S/C24H30ClN3O3S/c25-22-9-8-21(32-22)18-26-12-14-27(15-13-26)24(30)19-5-4-11-28(17-19)23(29)10-16-31-20-6-2-1-3-7-20/h1-3,6-9,19H,4-5,10-18H2. The maximum atomic E-state index is 13.1. The summed E-state index contributed by atoms with van der Waals surface area (Å²) in [6.07, 6.45) is 2.07. The SMILES string of the molecule is O=C(CCOc1ccccc1)N1CCCC(C(=O)N2CCN(Cc3ccc(Cl)s3)CC2)C1. The van der Waals surface area contributed by atoms with E-state index >= 15 is 0 Å². The molecular formula is C24H30ClN3O3S. The van der Waals surface area contributed by atoms with Gasteiger partial charge in [-0.05, 0) is 37.1 Å². The van der Waals surface area contributed by atoms with Crippen molar-refractivity contribution in [2.45, 2.75) is 25.8 Å². The maximum Gasteiger partial charge on any atom is 0.227 e. The minimum atomic E-state index is -0.0922. The van der Waals surface area contributed by atoms with E-state index in [-0.39, 0.29) is 17.7 Å². The molecule has 1 unspecified atom stereocenters. The Balaban J connectivity index is 1.20. The molecule has 0 aliphatic carbocycles. The van der Waals surface area contributed by atoms with E-state index in [1.54, 1.807) is 11.3 Å². The number of carbonyl (C=O) groups is 2. The predicted molar refractivity (Wildman–Crippen MR) is 127 cm³/mol. The molecule has 0 N–H and O–H groups in total. The lowest BCUT2D eigenvalue weighted by molar-refractivity contribution is -0.142. The molecule has 0 radical (unpaired) electrons. The molecule has 8 heteroatoms. The highest BCUT2D eigenvalue weighted by Crippen LogP contribution is 2.24. The van der Waals surface area contributed by atoms with Gasteiger partial charge in [-0.1, -0.05) is 29.8 Å². The first-order valence-electron chi connectivity index (χ1n) is 11.3. The zero-order chi connectivity index (χ0) is 22.3. The van der Waals surface area contributed by atoms with Crippen molar-refractivity contribution in [1.29, 1.82) is 0 Å². The molecule has 2 saturated heterocycles. The second kappa shape index (κ2) is 11.2. The van der Waals surface area contributed by atoms with Gasteiger partial charge in [0.2, 0.25) is 11.8 Å². The summed E-state index contributed by atoms with van der Waals surface area (Å²) in [5.74, 6) is 0.943. The van der Waals surface area contributed by atoms with Crippen LogP contribution >= 0.6 is 22.9 Å². The predicted octanol–water partition coefficient (Wildman–Crippen LogP) is 3.75. The number of benzene rings is 1. The molecule has 1 atom stereocenters. The van der Waals surface area contributed by atoms with E-state index < -0.39 is 0 Å². The molecule has 2 aromatic rings. The van der Waals surface area contributed by atoms with Gasteiger partial charge in [-0.3, -0.25) is 14.5 Å². The monoisotopic (exact) mass is 475 g/mol. The molecule has 4 rings (SSSR count). The summed E-state index contributed by atoms with van der Waals surface area (Å²) < 4.78 is 6.47. The zero-order valence-corrected chi connectivity index (χ0v) is 19.8. The molecule has 2 fully saturated rings. The number of likely N-dealkylation sites (tertiary alicyclic amines) is 1. The van der Waals surface area contributed by atoms with Crippen LogP contribution in [-0.2, 0) is 16.1 Å². The number of thiophene rings is 1. The highest BCUT2D eigenvalue weighted by Gasteiger charge is 2.32. The summed E-state index contributed by atoms with van der Waals surface area (Å²) in [6, 6.07) is 13.5. The molecule has 0 saturated carbocycles. The molecule has 3 heterocycles. The van der Waals surface area contributed by atoms with Crippen LogP contribution < -0.4 is 4.74 Å². The number of nitrogens with zero attached hydrogens (tertiary/aromatic N) is 3. The Bertz CT molecular complexity index is 899. The van der Waals surface area contributed by atoms with Crippen LogP contribution in [0.3, 0.4) is 0 Å². The van der Waals surface area contributed by atoms with Gasteiger partial charge in [-0.25, -0.2) is 0 Å². The summed E-state index contributed by atoms with van der Waals surface area (Å²) in [6.45, 7) is 5.72. The summed E-state index contributed by atoms with van der Waals surface area (Å²) in [7, 11) is 0. The van der Waals surface area contributed by atoms with E-state index in [0.717, 1.165) is 62.2 Å². The van der Waals surface area contributed by atoms with Crippen molar-refractivity contribution in [1.82, 2.24) is 14.7 Å². The third kappa shape index (κ3) is 6.24. The first kappa shape index (κ1) is 23.1. The van der Waals surface area contributed by atoms with Gasteiger partial charge in [0.15, 0.2) is 0 Å². The highest BCUT2D eigenvalue weighted by molar-refractivity contribution is 7.16. The summed E-state index contributed by atoms with van der Waals surface area (Å²) in [5.41, 5.74) is 0. The lowest BCUT2D eigenvalue weighted by Gasteiger charge is -2.39. The van der Waals surface area contributed by atoms with Crippen LogP contribution in [0.2, 0.25) is 4.34 Å². The van der Waals surface area contributed by atoms with Crippen LogP contribution in [0.25, 0.3) is 0 Å². The molecule has 2 amide bonds. The van der Waals surface area contributed by atoms with Gasteiger partial charge in [0.25, 0.3) is 0 Å². The molecule has 0 bridgehead atoms. The maximum absolute atomic E-state index is 13.1. The largest absolute Gasteiger partial charge is 0.493 e. The number of carbonyl (C=O) groups excluding carboxylic acids is 2. The number of amides is 2. The van der Waals surface area contributed by atoms with Crippen LogP contribution in [0.4, 0.5) is 0 Å². The first-order valence-corrected chi connectivity index (χ1v) is 12.5. The molecular weight excluding hydrogens is 446 g/mol. The molecule has 32 heavy (non-hydrogen) atoms. The number of para-hydroxylation sites is 1. The third-order valence-corrected chi connectivity index (χ3v) is 7.36. The first-order chi connectivity index (χ1) is 15.6. The number of halogens is 1. The number of rotatable bonds is 7. The van der Waals surface area contributed by atoms with E-state index in [1.807, 2.05) is 46.2 Å². The molecule has 1 aromatic carbocycles. The van der Waals surface area contributed by atoms with Gasteiger partial charge in [0, 0.05) is 50.7 Å². The minimum absolute atomic E-state index is 0.0675. The van der Waals surface area contributed by atoms with Crippen LogP contribution in [0.5, 0.6) is 5.75 Å². The lowest BCUT2D eigenvalue weighted by Crippen LogP contribution is -2.52. The summed E-state index contributed by atoms with van der Waals surface area (Å²) in [4.78, 5) is 33.2. The Kier molecular flexibility index (Phi) is 8.05. The lowest BCUT2D eigenvalue weighted by atomic mass is 9.96. The Morgan fingerprint density at radius 3 is 2.50 bits per heavy atom. The number of piperidine rings is 1. The Morgan fingerprint density at radius 2 is 1.78 bits per heavy atom. The quantitative estimate of drug-likeness (QED) is 0.612. The number of ether oxygens (including phenoxy) is 1. The molecule has 2 aliphatic rings. The highest BCUT2D eigenvalue weighted by atomic mass is 35.5. The Labute approximate surface area is 198 Å². The second-order valence-corrected chi connectivity index (χ2v) is 10.2. The third-order valence-electron chi connectivity index (χ3n) is 6.14. The fourth-order valence-corrected chi connectivity index (χ4v) is 5.51. The number of hydrogen-bond acceptors (Lipinski definition) is 5. The van der Waals surface area contributed by atoms with Crippen LogP contribution in [0, 0.1) is 5.92 Å². The number of piperazine rings is 1. The van der Waals surface area contributed by atoms with Crippen molar-refractivity contribution in [2.24, 2.45) is 5.92 Å². The van der Waals surface area contributed by atoms with Gasteiger partial charge in [-0.15, -0.1) is 11.3 Å². The van der Waals surface area contributed by atoms with Crippen molar-refractivity contribution in [3.05, 3.63) is 51.7 Å². The van der Waals surface area contributed by atoms with Crippen molar-refractivity contribution in [2.75, 3.05) is 45.9 Å². The van der Waals surface area contributed by atoms with E-state index in [0.29, 0.717) is 19.6 Å². The van der Waals surface area contributed by atoms with E-state index in [4.69, 9.17) is 16.3 Å². The van der Waals surface area contributed by atoms with E-state index in [2.05, 4.69) is 11.0 Å². The van der Waals surface area contributed by atoms with Crippen molar-refractivity contribution >= 4 is 34.8 Å². The Morgan fingerprint density at radius 1 is 1.00 bits per heavy atom. The number of hydrogen-bond donors (Lipinski definition) is 0. The zero-order valence-electron chi connectivity index (χ0n) is 18.2. The topological polar surface area (TPSA) is 53.1 Å². The fourth-order valence-electron chi connectivity index (χ4n) is 4.38. The van der Waals surface area contributed by atoms with Crippen LogP contribution in [0.1, 0.15) is 24.1 Å². The van der Waals surface area contributed by atoms with Crippen LogP contribution in [0.15, 0.2) is 42.5 Å². The molecule has 0 spiro atoms. The van der Waals surface area contributed by atoms with Gasteiger partial charge < -0.3 is 14.5 Å². The molecule has 2 aliphatic heterocycles. The summed E-state index contributed by atoms with van der Waals surface area (Å²) in [5, 5.41) is 0. The normalized spacial score (nSPS) is 19.7.